The summed E-state index contributed by atoms with van der Waals surface area (Å²) in [6.07, 6.45) is 14.2. The van der Waals surface area contributed by atoms with E-state index in [0.717, 1.165) is 36.7 Å². The Hall–Kier alpha value is -0.890. The van der Waals surface area contributed by atoms with E-state index in [4.69, 9.17) is 13.0 Å². The SMILES string of the molecule is C[C@@]12CCC[C@H]1[C@@H]1CC(F)=C3C=CCC[C@]3(C)[C@H]1CC2.O=S(=O)(O)C(F)(F)F. The van der Waals surface area contributed by atoms with Gasteiger partial charge in [-0.05, 0) is 72.7 Å². The third-order valence-electron chi connectivity index (χ3n) is 7.77. The van der Waals surface area contributed by atoms with Crippen molar-refractivity contribution in [3.8, 4) is 0 Å². The molecule has 4 aliphatic rings. The quantitative estimate of drug-likeness (QED) is 0.286. The van der Waals surface area contributed by atoms with Crippen LogP contribution in [0.4, 0.5) is 17.6 Å². The first-order valence-corrected chi connectivity index (χ1v) is 11.3. The van der Waals surface area contributed by atoms with Crippen molar-refractivity contribution in [3.05, 3.63) is 23.6 Å². The number of rotatable bonds is 0. The van der Waals surface area contributed by atoms with Crippen molar-refractivity contribution in [2.45, 2.75) is 70.7 Å². The molecule has 0 heterocycles. The van der Waals surface area contributed by atoms with E-state index in [0.29, 0.717) is 11.3 Å². The monoisotopic (exact) mass is 424 g/mol. The molecule has 2 fully saturated rings. The van der Waals surface area contributed by atoms with Crippen LogP contribution in [-0.4, -0.2) is 18.5 Å². The lowest BCUT2D eigenvalue weighted by Gasteiger charge is -2.56. The van der Waals surface area contributed by atoms with Gasteiger partial charge in [0.25, 0.3) is 0 Å². The highest BCUT2D eigenvalue weighted by Gasteiger charge is 2.56. The Balaban J connectivity index is 0.000000242. The highest BCUT2D eigenvalue weighted by Crippen LogP contribution is 2.65. The summed E-state index contributed by atoms with van der Waals surface area (Å²) < 4.78 is 72.3. The van der Waals surface area contributed by atoms with Crippen LogP contribution >= 0.6 is 0 Å². The topological polar surface area (TPSA) is 54.4 Å². The average Bonchev–Trinajstić information content (AvgIpc) is 2.95. The van der Waals surface area contributed by atoms with Gasteiger partial charge in [0.15, 0.2) is 0 Å². The summed E-state index contributed by atoms with van der Waals surface area (Å²) in [5, 5.41) is 0. The van der Waals surface area contributed by atoms with E-state index in [1.165, 1.54) is 32.1 Å². The van der Waals surface area contributed by atoms with E-state index in [1.54, 1.807) is 0 Å². The Morgan fingerprint density at radius 3 is 2.36 bits per heavy atom. The van der Waals surface area contributed by atoms with Crippen molar-refractivity contribution in [1.82, 2.24) is 0 Å². The second-order valence-electron chi connectivity index (χ2n) is 9.26. The Bertz CT molecular complexity index is 786. The average molecular weight is 425 g/mol. The summed E-state index contributed by atoms with van der Waals surface area (Å²) >= 11 is 0. The molecule has 0 amide bonds. The third kappa shape index (κ3) is 3.66. The smallest absolute Gasteiger partial charge is 0.279 e. The molecule has 0 saturated heterocycles. The molecule has 160 valence electrons. The van der Waals surface area contributed by atoms with Gasteiger partial charge in [-0.2, -0.15) is 21.6 Å². The van der Waals surface area contributed by atoms with Crippen molar-refractivity contribution in [1.29, 1.82) is 0 Å². The maximum absolute atomic E-state index is 14.7. The van der Waals surface area contributed by atoms with Gasteiger partial charge < -0.3 is 0 Å². The first-order chi connectivity index (χ1) is 12.8. The third-order valence-corrected chi connectivity index (χ3v) is 8.35. The molecule has 0 aromatic heterocycles. The summed E-state index contributed by atoms with van der Waals surface area (Å²) in [4.78, 5) is 0. The van der Waals surface area contributed by atoms with Gasteiger partial charge in [-0.1, -0.05) is 32.4 Å². The lowest BCUT2D eigenvalue weighted by molar-refractivity contribution is -0.0510. The van der Waals surface area contributed by atoms with Crippen LogP contribution in [0, 0.1) is 28.6 Å². The lowest BCUT2D eigenvalue weighted by Crippen LogP contribution is -2.48. The molecule has 2 saturated carbocycles. The van der Waals surface area contributed by atoms with E-state index in [1.807, 2.05) is 0 Å². The number of fused-ring (bicyclic) bond motifs is 5. The van der Waals surface area contributed by atoms with Gasteiger partial charge in [-0.25, -0.2) is 4.39 Å². The molecule has 0 radical (unpaired) electrons. The number of alkyl halides is 3. The molecule has 0 bridgehead atoms. The summed E-state index contributed by atoms with van der Waals surface area (Å²) in [5.41, 5.74) is -3.81. The molecule has 8 heteroatoms. The second-order valence-corrected chi connectivity index (χ2v) is 10.7. The van der Waals surface area contributed by atoms with Crippen LogP contribution in [0.2, 0.25) is 0 Å². The van der Waals surface area contributed by atoms with Crippen LogP contribution in [0.25, 0.3) is 0 Å². The molecule has 0 aromatic rings. The number of hydrogen-bond acceptors (Lipinski definition) is 2. The van der Waals surface area contributed by atoms with Crippen LogP contribution in [-0.2, 0) is 10.1 Å². The van der Waals surface area contributed by atoms with Gasteiger partial charge in [0, 0.05) is 6.42 Å². The van der Waals surface area contributed by atoms with Gasteiger partial charge in [-0.15, -0.1) is 0 Å². The zero-order chi connectivity index (χ0) is 21.0. The molecule has 0 unspecified atom stereocenters. The van der Waals surface area contributed by atoms with Crippen molar-refractivity contribution < 1.29 is 30.5 Å². The van der Waals surface area contributed by atoms with E-state index in [9.17, 15) is 17.6 Å². The van der Waals surface area contributed by atoms with E-state index >= 15 is 0 Å². The van der Waals surface area contributed by atoms with Crippen molar-refractivity contribution >= 4 is 10.1 Å². The highest BCUT2D eigenvalue weighted by molar-refractivity contribution is 7.86. The van der Waals surface area contributed by atoms with Crippen molar-refractivity contribution in [2.75, 3.05) is 0 Å². The number of hydrogen-bond donors (Lipinski definition) is 1. The summed E-state index contributed by atoms with van der Waals surface area (Å²) in [7, 11) is -5.84. The molecule has 1 N–H and O–H groups in total. The zero-order valence-electron chi connectivity index (χ0n) is 16.2. The minimum Gasteiger partial charge on any atom is -0.279 e. The molecule has 28 heavy (non-hydrogen) atoms. The number of allylic oxidation sites excluding steroid dienone is 4. The highest BCUT2D eigenvalue weighted by atomic mass is 32.2. The second kappa shape index (κ2) is 7.11. The molecule has 4 rings (SSSR count). The van der Waals surface area contributed by atoms with E-state index in [-0.39, 0.29) is 11.2 Å². The van der Waals surface area contributed by atoms with Gasteiger partial charge in [0.1, 0.15) is 5.83 Å². The van der Waals surface area contributed by atoms with Crippen LogP contribution in [0.15, 0.2) is 23.6 Å². The minimum atomic E-state index is -5.84. The first kappa shape index (κ1) is 21.8. The predicted molar refractivity (Wildman–Crippen MR) is 98.5 cm³/mol. The molecule has 0 spiro atoms. The Labute approximate surface area is 164 Å². The fourth-order valence-corrected chi connectivity index (χ4v) is 6.37. The van der Waals surface area contributed by atoms with Crippen LogP contribution < -0.4 is 0 Å². The van der Waals surface area contributed by atoms with Gasteiger partial charge in [0.05, 0.1) is 0 Å². The van der Waals surface area contributed by atoms with Crippen molar-refractivity contribution in [2.24, 2.45) is 28.6 Å². The lowest BCUT2D eigenvalue weighted by atomic mass is 9.49. The maximum Gasteiger partial charge on any atom is 0.522 e. The zero-order valence-corrected chi connectivity index (χ0v) is 17.0. The molecule has 0 aromatic carbocycles. The molecular formula is C20H28F4O3S. The van der Waals surface area contributed by atoms with E-state index < -0.39 is 15.6 Å². The normalized spacial score (nSPS) is 40.2. The van der Waals surface area contributed by atoms with Gasteiger partial charge >= 0.3 is 15.6 Å². The van der Waals surface area contributed by atoms with Crippen LogP contribution in [0.5, 0.6) is 0 Å². The molecule has 4 aliphatic carbocycles. The van der Waals surface area contributed by atoms with Gasteiger partial charge in [0.2, 0.25) is 0 Å². The van der Waals surface area contributed by atoms with Crippen molar-refractivity contribution in [3.63, 3.8) is 0 Å². The first-order valence-electron chi connectivity index (χ1n) is 9.89. The molecular weight excluding hydrogens is 396 g/mol. The maximum atomic E-state index is 14.7. The summed E-state index contributed by atoms with van der Waals surface area (Å²) in [6.45, 7) is 4.85. The fourth-order valence-electron chi connectivity index (χ4n) is 6.37. The predicted octanol–water partition coefficient (Wildman–Crippen LogP) is 6.20. The van der Waals surface area contributed by atoms with Crippen LogP contribution in [0.3, 0.4) is 0 Å². The molecule has 3 nitrogen and oxygen atoms in total. The fraction of sp³-hybridized carbons (Fsp3) is 0.800. The largest absolute Gasteiger partial charge is 0.522 e. The summed E-state index contributed by atoms with van der Waals surface area (Å²) in [5.74, 6) is 2.37. The Morgan fingerprint density at radius 2 is 1.75 bits per heavy atom. The minimum absolute atomic E-state index is 0.131. The van der Waals surface area contributed by atoms with Gasteiger partial charge in [-0.3, -0.25) is 4.55 Å². The number of halogens is 4. The molecule has 5 atom stereocenters. The van der Waals surface area contributed by atoms with Crippen LogP contribution in [0.1, 0.15) is 65.2 Å². The summed E-state index contributed by atoms with van der Waals surface area (Å²) in [6, 6.07) is 0. The Kier molecular flexibility index (Phi) is 5.54. The standard InChI is InChI=1S/C19H27F.CHF3O3S/c1-18-9-5-7-14(18)13-12-17(20)16-6-3-4-10-19(16,2)15(13)8-11-18;2-1(3,4)8(5,6)7/h3,6,13-15H,4-5,7-12H2,1-2H3;(H,5,6,7)/t13-,14-,15-,18-,19+;/m0./s1. The molecule has 0 aliphatic heterocycles. The Morgan fingerprint density at radius 1 is 1.11 bits per heavy atom. The van der Waals surface area contributed by atoms with E-state index in [2.05, 4.69) is 26.0 Å².